The SMILES string of the molecule is C#CC(CC(=O)O)(NC(=O)CCCC)C(=O)O. The zero-order chi connectivity index (χ0) is 13.5. The topological polar surface area (TPSA) is 104 Å². The number of terminal acetylenes is 1. The van der Waals surface area contributed by atoms with E-state index >= 15 is 0 Å². The molecule has 1 unspecified atom stereocenters. The Balaban J connectivity index is 4.82. The predicted molar refractivity (Wildman–Crippen MR) is 59.1 cm³/mol. The van der Waals surface area contributed by atoms with Crippen molar-refractivity contribution in [2.24, 2.45) is 0 Å². The molecule has 17 heavy (non-hydrogen) atoms. The van der Waals surface area contributed by atoms with Crippen molar-refractivity contribution in [2.45, 2.75) is 38.1 Å². The Morgan fingerprint density at radius 3 is 2.29 bits per heavy atom. The maximum Gasteiger partial charge on any atom is 0.342 e. The maximum absolute atomic E-state index is 11.4. The third-order valence-corrected chi connectivity index (χ3v) is 2.14. The summed E-state index contributed by atoms with van der Waals surface area (Å²) in [6.07, 6.45) is 5.64. The summed E-state index contributed by atoms with van der Waals surface area (Å²) in [6, 6.07) is 0. The number of carboxylic acids is 2. The van der Waals surface area contributed by atoms with Crippen LogP contribution in [0.3, 0.4) is 0 Å². The highest BCUT2D eigenvalue weighted by atomic mass is 16.4. The first-order chi connectivity index (χ1) is 7.88. The van der Waals surface area contributed by atoms with E-state index in [9.17, 15) is 14.4 Å². The number of hydrogen-bond acceptors (Lipinski definition) is 3. The zero-order valence-corrected chi connectivity index (χ0v) is 9.52. The first-order valence-electron chi connectivity index (χ1n) is 5.12. The van der Waals surface area contributed by atoms with E-state index < -0.39 is 29.8 Å². The number of carbonyl (C=O) groups is 3. The molecule has 6 nitrogen and oxygen atoms in total. The highest BCUT2D eigenvalue weighted by Gasteiger charge is 2.40. The Bertz CT molecular complexity index is 357. The summed E-state index contributed by atoms with van der Waals surface area (Å²) in [7, 11) is 0. The Kier molecular flexibility index (Phi) is 5.75. The van der Waals surface area contributed by atoms with E-state index in [4.69, 9.17) is 16.6 Å². The molecule has 0 aliphatic heterocycles. The van der Waals surface area contributed by atoms with Crippen LogP contribution in [0.5, 0.6) is 0 Å². The van der Waals surface area contributed by atoms with Crippen LogP contribution in [0.2, 0.25) is 0 Å². The van der Waals surface area contributed by atoms with Crippen molar-refractivity contribution in [1.29, 1.82) is 0 Å². The average molecular weight is 241 g/mol. The van der Waals surface area contributed by atoms with Gasteiger partial charge in [0.1, 0.15) is 0 Å². The molecule has 3 N–H and O–H groups in total. The van der Waals surface area contributed by atoms with Gasteiger partial charge in [0.15, 0.2) is 0 Å². The Hall–Kier alpha value is -2.03. The number of nitrogens with one attached hydrogen (secondary N) is 1. The summed E-state index contributed by atoms with van der Waals surface area (Å²) in [5.74, 6) is -1.66. The summed E-state index contributed by atoms with van der Waals surface area (Å²) in [5, 5.41) is 19.6. The zero-order valence-electron chi connectivity index (χ0n) is 9.52. The van der Waals surface area contributed by atoms with E-state index in [-0.39, 0.29) is 6.42 Å². The van der Waals surface area contributed by atoms with Crippen LogP contribution in [0.4, 0.5) is 0 Å². The van der Waals surface area contributed by atoms with Gasteiger partial charge < -0.3 is 15.5 Å². The second-order valence-electron chi connectivity index (χ2n) is 3.58. The highest BCUT2D eigenvalue weighted by molar-refractivity contribution is 5.93. The predicted octanol–water partition coefficient (Wildman–Crippen LogP) is 0.224. The van der Waals surface area contributed by atoms with Crippen LogP contribution in [-0.2, 0) is 14.4 Å². The normalized spacial score (nSPS) is 13.2. The molecule has 0 heterocycles. The molecule has 0 radical (unpaired) electrons. The van der Waals surface area contributed by atoms with Crippen molar-refractivity contribution in [3.05, 3.63) is 0 Å². The fraction of sp³-hybridized carbons (Fsp3) is 0.545. The summed E-state index contributed by atoms with van der Waals surface area (Å²) in [6.45, 7) is 1.87. The van der Waals surface area contributed by atoms with Gasteiger partial charge in [0.2, 0.25) is 11.4 Å². The molecule has 94 valence electrons. The third kappa shape index (κ3) is 4.55. The number of amides is 1. The van der Waals surface area contributed by atoms with Crippen molar-refractivity contribution in [2.75, 3.05) is 0 Å². The fourth-order valence-electron chi connectivity index (χ4n) is 1.19. The van der Waals surface area contributed by atoms with Crippen LogP contribution in [0, 0.1) is 12.3 Å². The summed E-state index contributed by atoms with van der Waals surface area (Å²) in [4.78, 5) is 32.9. The van der Waals surface area contributed by atoms with E-state index in [0.29, 0.717) is 6.42 Å². The van der Waals surface area contributed by atoms with Gasteiger partial charge in [0.05, 0.1) is 6.42 Å². The molecule has 0 spiro atoms. The van der Waals surface area contributed by atoms with Gasteiger partial charge in [-0.25, -0.2) is 4.79 Å². The van der Waals surface area contributed by atoms with Gasteiger partial charge in [-0.3, -0.25) is 9.59 Å². The smallest absolute Gasteiger partial charge is 0.342 e. The quantitative estimate of drug-likeness (QED) is 0.553. The lowest BCUT2D eigenvalue weighted by molar-refractivity contribution is -0.150. The molecule has 0 aromatic carbocycles. The van der Waals surface area contributed by atoms with Crippen molar-refractivity contribution in [3.63, 3.8) is 0 Å². The van der Waals surface area contributed by atoms with E-state index in [1.54, 1.807) is 0 Å². The molecule has 1 atom stereocenters. The number of carbonyl (C=O) groups excluding carboxylic acids is 1. The molecule has 1 amide bonds. The first-order valence-corrected chi connectivity index (χ1v) is 5.12. The summed E-state index contributed by atoms with van der Waals surface area (Å²) < 4.78 is 0. The Morgan fingerprint density at radius 2 is 1.94 bits per heavy atom. The fourth-order valence-corrected chi connectivity index (χ4v) is 1.19. The van der Waals surface area contributed by atoms with E-state index in [0.717, 1.165) is 6.42 Å². The molecular weight excluding hydrogens is 226 g/mol. The lowest BCUT2D eigenvalue weighted by atomic mass is 9.96. The molecule has 0 bridgehead atoms. The van der Waals surface area contributed by atoms with Gasteiger partial charge in [-0.15, -0.1) is 6.42 Å². The molecule has 0 saturated heterocycles. The van der Waals surface area contributed by atoms with Gasteiger partial charge in [-0.05, 0) is 6.42 Å². The van der Waals surface area contributed by atoms with E-state index in [2.05, 4.69) is 5.32 Å². The minimum Gasteiger partial charge on any atom is -0.481 e. The number of rotatable bonds is 7. The molecule has 0 rings (SSSR count). The van der Waals surface area contributed by atoms with Crippen molar-refractivity contribution in [1.82, 2.24) is 5.32 Å². The minimum absolute atomic E-state index is 0.118. The van der Waals surface area contributed by atoms with Crippen LogP contribution in [-0.4, -0.2) is 33.6 Å². The van der Waals surface area contributed by atoms with E-state index in [1.165, 1.54) is 0 Å². The molecule has 0 fully saturated rings. The van der Waals surface area contributed by atoms with Gasteiger partial charge >= 0.3 is 11.9 Å². The lowest BCUT2D eigenvalue weighted by Crippen LogP contribution is -2.54. The molecule has 6 heteroatoms. The van der Waals surface area contributed by atoms with Crippen LogP contribution in [0.15, 0.2) is 0 Å². The third-order valence-electron chi connectivity index (χ3n) is 2.14. The standard InChI is InChI=1S/C11H15NO5/c1-3-5-6-8(13)12-11(4-2,10(16)17)7-9(14)15/h2H,3,5-7H2,1H3,(H,12,13)(H,14,15)(H,16,17). The molecule has 0 aromatic rings. The largest absolute Gasteiger partial charge is 0.481 e. The molecule has 0 aromatic heterocycles. The molecule has 0 aliphatic rings. The van der Waals surface area contributed by atoms with Crippen LogP contribution < -0.4 is 5.32 Å². The van der Waals surface area contributed by atoms with Crippen molar-refractivity contribution in [3.8, 4) is 12.3 Å². The first kappa shape index (κ1) is 15.0. The van der Waals surface area contributed by atoms with Gasteiger partial charge in [0, 0.05) is 6.42 Å². The molecule has 0 saturated carbocycles. The maximum atomic E-state index is 11.4. The van der Waals surface area contributed by atoms with Crippen LogP contribution >= 0.6 is 0 Å². The number of carboxylic acid groups (broad SMARTS) is 2. The summed E-state index contributed by atoms with van der Waals surface area (Å²) >= 11 is 0. The minimum atomic E-state index is -2.17. The second-order valence-corrected chi connectivity index (χ2v) is 3.58. The average Bonchev–Trinajstić information content (AvgIpc) is 2.24. The van der Waals surface area contributed by atoms with Crippen LogP contribution in [0.25, 0.3) is 0 Å². The monoisotopic (exact) mass is 241 g/mol. The van der Waals surface area contributed by atoms with Crippen LogP contribution in [0.1, 0.15) is 32.6 Å². The second kappa shape index (κ2) is 6.53. The summed E-state index contributed by atoms with van der Waals surface area (Å²) in [5.41, 5.74) is -2.17. The van der Waals surface area contributed by atoms with Gasteiger partial charge in [-0.2, -0.15) is 0 Å². The van der Waals surface area contributed by atoms with Crippen molar-refractivity contribution < 1.29 is 24.6 Å². The highest BCUT2D eigenvalue weighted by Crippen LogP contribution is 2.11. The Labute approximate surface area is 99.0 Å². The molecule has 0 aliphatic carbocycles. The van der Waals surface area contributed by atoms with Gasteiger partial charge in [0.25, 0.3) is 0 Å². The number of aliphatic carboxylic acids is 2. The van der Waals surface area contributed by atoms with E-state index in [1.807, 2.05) is 12.8 Å². The Morgan fingerprint density at radius 1 is 1.35 bits per heavy atom. The number of unbranched alkanes of at least 4 members (excludes halogenated alkanes) is 1. The van der Waals surface area contributed by atoms with Gasteiger partial charge in [-0.1, -0.05) is 19.3 Å². The van der Waals surface area contributed by atoms with Crippen molar-refractivity contribution >= 4 is 17.8 Å². The number of hydrogen-bond donors (Lipinski definition) is 3. The lowest BCUT2D eigenvalue weighted by Gasteiger charge is -2.23. The molecular formula is C11H15NO5.